The van der Waals surface area contributed by atoms with Crippen molar-refractivity contribution in [3.63, 3.8) is 0 Å². The maximum atomic E-state index is 8.69. The fourth-order valence-corrected chi connectivity index (χ4v) is 1.20. The summed E-state index contributed by atoms with van der Waals surface area (Å²) in [6, 6.07) is 18.0. The summed E-state index contributed by atoms with van der Waals surface area (Å²) in [5.41, 5.74) is 2.12. The monoisotopic (exact) mass is 179 g/mol. The van der Waals surface area contributed by atoms with Crippen LogP contribution in [0.5, 0.6) is 0 Å². The molecular formula is C12H7N2. The van der Waals surface area contributed by atoms with Gasteiger partial charge in [0.05, 0.1) is 5.69 Å². The van der Waals surface area contributed by atoms with Crippen LogP contribution in [0.25, 0.3) is 11.3 Å². The molecule has 2 aromatic rings. The van der Waals surface area contributed by atoms with Crippen molar-refractivity contribution in [3.05, 3.63) is 54.2 Å². The average Bonchev–Trinajstić information content (AvgIpc) is 2.30. The van der Waals surface area contributed by atoms with Gasteiger partial charge in [0.1, 0.15) is 11.8 Å². The van der Waals surface area contributed by atoms with E-state index in [1.54, 1.807) is 6.07 Å². The van der Waals surface area contributed by atoms with E-state index in [4.69, 9.17) is 5.26 Å². The molecule has 0 saturated heterocycles. The van der Waals surface area contributed by atoms with Gasteiger partial charge in [0.2, 0.25) is 0 Å². The molecule has 2 rings (SSSR count). The van der Waals surface area contributed by atoms with Crippen LogP contribution in [-0.4, -0.2) is 4.98 Å². The van der Waals surface area contributed by atoms with Crippen molar-refractivity contribution in [2.45, 2.75) is 0 Å². The highest BCUT2D eigenvalue weighted by Gasteiger charge is 1.98. The third-order valence-corrected chi connectivity index (χ3v) is 1.85. The summed E-state index contributed by atoms with van der Waals surface area (Å²) < 4.78 is 0. The van der Waals surface area contributed by atoms with E-state index in [9.17, 15) is 0 Å². The molecule has 1 heterocycles. The third kappa shape index (κ3) is 1.62. The van der Waals surface area contributed by atoms with Gasteiger partial charge in [0, 0.05) is 5.56 Å². The zero-order valence-corrected chi connectivity index (χ0v) is 7.44. The summed E-state index contributed by atoms with van der Waals surface area (Å²) in [5.74, 6) is 0. The highest BCUT2D eigenvalue weighted by Crippen LogP contribution is 2.15. The third-order valence-electron chi connectivity index (χ3n) is 1.85. The van der Waals surface area contributed by atoms with Crippen molar-refractivity contribution in [2.24, 2.45) is 0 Å². The quantitative estimate of drug-likeness (QED) is 0.674. The van der Waals surface area contributed by atoms with Crippen LogP contribution in [0.4, 0.5) is 0 Å². The first-order valence-electron chi connectivity index (χ1n) is 4.24. The molecule has 1 aromatic heterocycles. The van der Waals surface area contributed by atoms with Gasteiger partial charge in [0.15, 0.2) is 0 Å². The fourth-order valence-electron chi connectivity index (χ4n) is 1.20. The van der Waals surface area contributed by atoms with Crippen molar-refractivity contribution in [3.8, 4) is 17.3 Å². The summed E-state index contributed by atoms with van der Waals surface area (Å²) in [6.45, 7) is 0. The highest BCUT2D eigenvalue weighted by atomic mass is 14.7. The van der Waals surface area contributed by atoms with Crippen molar-refractivity contribution in [1.82, 2.24) is 4.98 Å². The number of benzene rings is 1. The number of pyridine rings is 1. The molecular weight excluding hydrogens is 172 g/mol. The molecule has 2 nitrogen and oxygen atoms in total. The zero-order chi connectivity index (χ0) is 9.80. The Morgan fingerprint density at radius 3 is 2.79 bits per heavy atom. The summed E-state index contributed by atoms with van der Waals surface area (Å²) >= 11 is 0. The second-order valence-electron chi connectivity index (χ2n) is 2.80. The molecule has 1 radical (unpaired) electrons. The first kappa shape index (κ1) is 8.46. The summed E-state index contributed by atoms with van der Waals surface area (Å²) in [6.07, 6.45) is 0. The number of nitriles is 1. The van der Waals surface area contributed by atoms with Crippen LogP contribution in [0.15, 0.2) is 42.5 Å². The minimum atomic E-state index is 0.430. The second kappa shape index (κ2) is 3.71. The number of nitrogens with zero attached hydrogens (tertiary/aromatic N) is 2. The van der Waals surface area contributed by atoms with Gasteiger partial charge in [-0.1, -0.05) is 30.3 Å². The van der Waals surface area contributed by atoms with Crippen molar-refractivity contribution < 1.29 is 0 Å². The van der Waals surface area contributed by atoms with E-state index in [1.807, 2.05) is 42.5 Å². The van der Waals surface area contributed by atoms with Gasteiger partial charge in [-0.2, -0.15) is 5.26 Å². The van der Waals surface area contributed by atoms with E-state index >= 15 is 0 Å². The molecule has 0 atom stereocenters. The molecule has 1 aromatic carbocycles. The van der Waals surface area contributed by atoms with E-state index in [0.717, 1.165) is 11.3 Å². The Bertz CT molecular complexity index is 469. The summed E-state index contributed by atoms with van der Waals surface area (Å²) in [5, 5.41) is 8.69. The number of aromatic nitrogens is 1. The Hall–Kier alpha value is -2.14. The van der Waals surface area contributed by atoms with Crippen LogP contribution >= 0.6 is 0 Å². The topological polar surface area (TPSA) is 36.7 Å². The molecule has 0 amide bonds. The minimum absolute atomic E-state index is 0.430. The fraction of sp³-hybridized carbons (Fsp3) is 0. The second-order valence-corrected chi connectivity index (χ2v) is 2.80. The van der Waals surface area contributed by atoms with Crippen molar-refractivity contribution in [1.29, 1.82) is 5.26 Å². The lowest BCUT2D eigenvalue weighted by molar-refractivity contribution is 1.26. The molecule has 0 aliphatic carbocycles. The van der Waals surface area contributed by atoms with E-state index < -0.39 is 0 Å². The summed E-state index contributed by atoms with van der Waals surface area (Å²) in [4.78, 5) is 4.17. The predicted molar refractivity (Wildman–Crippen MR) is 53.2 cm³/mol. The van der Waals surface area contributed by atoms with Crippen LogP contribution in [0.3, 0.4) is 0 Å². The van der Waals surface area contributed by atoms with Gasteiger partial charge in [0.25, 0.3) is 0 Å². The van der Waals surface area contributed by atoms with Gasteiger partial charge in [-0.05, 0) is 18.2 Å². The first-order valence-corrected chi connectivity index (χ1v) is 4.24. The van der Waals surface area contributed by atoms with E-state index in [1.165, 1.54) is 0 Å². The van der Waals surface area contributed by atoms with Crippen LogP contribution in [0.2, 0.25) is 0 Å². The molecule has 0 aliphatic rings. The van der Waals surface area contributed by atoms with Crippen LogP contribution in [0, 0.1) is 17.4 Å². The molecule has 0 aliphatic heterocycles. The smallest absolute Gasteiger partial charge is 0.141 e. The van der Waals surface area contributed by atoms with Gasteiger partial charge >= 0.3 is 0 Å². The molecule has 0 N–H and O–H groups in total. The van der Waals surface area contributed by atoms with E-state index in [2.05, 4.69) is 11.1 Å². The van der Waals surface area contributed by atoms with Crippen molar-refractivity contribution >= 4 is 0 Å². The lowest BCUT2D eigenvalue weighted by Gasteiger charge is -1.98. The molecule has 0 fully saturated rings. The van der Waals surface area contributed by atoms with E-state index in [0.29, 0.717) is 5.69 Å². The lowest BCUT2D eigenvalue weighted by atomic mass is 10.1. The van der Waals surface area contributed by atoms with Crippen LogP contribution in [-0.2, 0) is 0 Å². The largest absolute Gasteiger partial charge is 0.237 e. The van der Waals surface area contributed by atoms with Gasteiger partial charge in [-0.3, -0.25) is 0 Å². The SMILES string of the molecule is N#Cc1cccc(-c2[c]cccc2)n1. The average molecular weight is 179 g/mol. The molecule has 0 saturated carbocycles. The standard InChI is InChI=1S/C12H7N2/c13-9-11-7-4-8-12(14-11)10-5-2-1-3-6-10/h1-5,7-8H. The van der Waals surface area contributed by atoms with Gasteiger partial charge in [-0.25, -0.2) is 4.98 Å². The Morgan fingerprint density at radius 2 is 2.07 bits per heavy atom. The predicted octanol–water partition coefficient (Wildman–Crippen LogP) is 2.42. The van der Waals surface area contributed by atoms with Gasteiger partial charge < -0.3 is 0 Å². The van der Waals surface area contributed by atoms with Gasteiger partial charge in [-0.15, -0.1) is 0 Å². The van der Waals surface area contributed by atoms with Crippen LogP contribution < -0.4 is 0 Å². The van der Waals surface area contributed by atoms with Crippen LogP contribution in [0.1, 0.15) is 5.69 Å². The first-order chi connectivity index (χ1) is 6.90. The molecule has 0 unspecified atom stereocenters. The maximum absolute atomic E-state index is 8.69. The Kier molecular flexibility index (Phi) is 2.24. The number of hydrogen-bond acceptors (Lipinski definition) is 2. The summed E-state index contributed by atoms with van der Waals surface area (Å²) in [7, 11) is 0. The Balaban J connectivity index is 2.49. The number of rotatable bonds is 1. The minimum Gasteiger partial charge on any atom is -0.237 e. The Labute approximate surface area is 82.5 Å². The zero-order valence-electron chi connectivity index (χ0n) is 7.44. The molecule has 0 spiro atoms. The molecule has 0 bridgehead atoms. The maximum Gasteiger partial charge on any atom is 0.141 e. The highest BCUT2D eigenvalue weighted by molar-refractivity contribution is 5.58. The normalized spacial score (nSPS) is 9.36. The molecule has 2 heteroatoms. The van der Waals surface area contributed by atoms with E-state index in [-0.39, 0.29) is 0 Å². The van der Waals surface area contributed by atoms with Crippen molar-refractivity contribution in [2.75, 3.05) is 0 Å². The molecule has 14 heavy (non-hydrogen) atoms. The number of hydrogen-bond donors (Lipinski definition) is 0. The lowest BCUT2D eigenvalue weighted by Crippen LogP contribution is -1.86. The molecule has 65 valence electrons. The Morgan fingerprint density at radius 1 is 1.14 bits per heavy atom.